The molecule has 0 atom stereocenters. The highest BCUT2D eigenvalue weighted by Gasteiger charge is 2.25. The fourth-order valence-electron chi connectivity index (χ4n) is 1.85. The van der Waals surface area contributed by atoms with Crippen molar-refractivity contribution in [3.63, 3.8) is 0 Å². The Labute approximate surface area is 126 Å². The van der Waals surface area contributed by atoms with Gasteiger partial charge in [-0.1, -0.05) is 32.9 Å². The van der Waals surface area contributed by atoms with Gasteiger partial charge in [0.2, 0.25) is 10.0 Å². The standard InChI is InChI=1S/C15H23NO4S/c1-4-14(17)12-8-7-9-13(10-12)21(19,20)16-11-15(18,5-2)6-3/h7-10,16,18H,4-6,11H2,1-3H3. The van der Waals surface area contributed by atoms with Gasteiger partial charge in [0, 0.05) is 18.5 Å². The van der Waals surface area contributed by atoms with Gasteiger partial charge in [-0.25, -0.2) is 13.1 Å². The molecule has 21 heavy (non-hydrogen) atoms. The van der Waals surface area contributed by atoms with Gasteiger partial charge in [-0.3, -0.25) is 4.79 Å². The van der Waals surface area contributed by atoms with Gasteiger partial charge in [-0.15, -0.1) is 0 Å². The number of Topliss-reactive ketones (excluding diaryl/α,β-unsaturated/α-hetero) is 1. The van der Waals surface area contributed by atoms with Crippen molar-refractivity contribution in [3.8, 4) is 0 Å². The fraction of sp³-hybridized carbons (Fsp3) is 0.533. The first kappa shape index (κ1) is 17.8. The molecular weight excluding hydrogens is 290 g/mol. The van der Waals surface area contributed by atoms with Crippen molar-refractivity contribution in [3.05, 3.63) is 29.8 Å². The van der Waals surface area contributed by atoms with Crippen LogP contribution < -0.4 is 4.72 Å². The third kappa shape index (κ3) is 4.62. The Kier molecular flexibility index (Phi) is 6.07. The molecule has 1 aromatic rings. The molecule has 0 bridgehead atoms. The Balaban J connectivity index is 2.96. The number of aliphatic hydroxyl groups is 1. The lowest BCUT2D eigenvalue weighted by atomic mass is 9.98. The Morgan fingerprint density at radius 2 is 1.86 bits per heavy atom. The summed E-state index contributed by atoms with van der Waals surface area (Å²) in [5.41, 5.74) is -0.675. The smallest absolute Gasteiger partial charge is 0.240 e. The molecule has 0 aliphatic rings. The van der Waals surface area contributed by atoms with Crippen LogP contribution in [0.4, 0.5) is 0 Å². The normalized spacial score (nSPS) is 12.4. The first-order valence-corrected chi connectivity index (χ1v) is 8.61. The maximum Gasteiger partial charge on any atom is 0.240 e. The summed E-state index contributed by atoms with van der Waals surface area (Å²) in [6, 6.07) is 5.94. The monoisotopic (exact) mass is 313 g/mol. The summed E-state index contributed by atoms with van der Waals surface area (Å²) in [5, 5.41) is 10.1. The second-order valence-corrected chi connectivity index (χ2v) is 6.83. The number of carbonyl (C=O) groups excluding carboxylic acids is 1. The third-order valence-corrected chi connectivity index (χ3v) is 5.09. The molecule has 0 saturated heterocycles. The molecule has 0 amide bonds. The lowest BCUT2D eigenvalue weighted by Gasteiger charge is -2.25. The molecule has 0 spiro atoms. The highest BCUT2D eigenvalue weighted by atomic mass is 32.2. The van der Waals surface area contributed by atoms with Gasteiger partial charge in [-0.05, 0) is 25.0 Å². The number of carbonyl (C=O) groups is 1. The van der Waals surface area contributed by atoms with Crippen LogP contribution in [0, 0.1) is 0 Å². The maximum absolute atomic E-state index is 12.2. The van der Waals surface area contributed by atoms with E-state index in [1.54, 1.807) is 32.9 Å². The largest absolute Gasteiger partial charge is 0.389 e. The summed E-state index contributed by atoms with van der Waals surface area (Å²) in [6.07, 6.45) is 1.24. The number of hydrogen-bond donors (Lipinski definition) is 2. The zero-order chi connectivity index (χ0) is 16.1. The van der Waals surface area contributed by atoms with Gasteiger partial charge in [0.05, 0.1) is 10.5 Å². The SMILES string of the molecule is CCC(=O)c1cccc(S(=O)(=O)NCC(O)(CC)CC)c1. The number of rotatable bonds is 8. The molecule has 0 fully saturated rings. The van der Waals surface area contributed by atoms with E-state index in [0.717, 1.165) is 0 Å². The lowest BCUT2D eigenvalue weighted by Crippen LogP contribution is -2.42. The number of sulfonamides is 1. The third-order valence-electron chi connectivity index (χ3n) is 3.69. The van der Waals surface area contributed by atoms with Gasteiger partial charge in [-0.2, -0.15) is 0 Å². The van der Waals surface area contributed by atoms with Gasteiger partial charge in [0.15, 0.2) is 5.78 Å². The van der Waals surface area contributed by atoms with Crippen LogP contribution in [0.1, 0.15) is 50.4 Å². The quantitative estimate of drug-likeness (QED) is 0.720. The summed E-state index contributed by atoms with van der Waals surface area (Å²) in [7, 11) is -3.74. The van der Waals surface area contributed by atoms with Crippen LogP contribution in [0.5, 0.6) is 0 Å². The summed E-state index contributed by atoms with van der Waals surface area (Å²) >= 11 is 0. The second kappa shape index (κ2) is 7.15. The second-order valence-electron chi connectivity index (χ2n) is 5.06. The van der Waals surface area contributed by atoms with Crippen LogP contribution in [-0.4, -0.2) is 31.5 Å². The Morgan fingerprint density at radius 1 is 1.24 bits per heavy atom. The molecule has 0 heterocycles. The van der Waals surface area contributed by atoms with Crippen LogP contribution in [0.3, 0.4) is 0 Å². The van der Waals surface area contributed by atoms with Crippen molar-refractivity contribution >= 4 is 15.8 Å². The van der Waals surface area contributed by atoms with Crippen molar-refractivity contribution in [2.24, 2.45) is 0 Å². The lowest BCUT2D eigenvalue weighted by molar-refractivity contribution is 0.0377. The van der Waals surface area contributed by atoms with Crippen LogP contribution in [-0.2, 0) is 10.0 Å². The van der Waals surface area contributed by atoms with E-state index in [1.807, 2.05) is 0 Å². The van der Waals surface area contributed by atoms with Crippen molar-refractivity contribution in [1.82, 2.24) is 4.72 Å². The summed E-state index contributed by atoms with van der Waals surface area (Å²) < 4.78 is 26.9. The van der Waals surface area contributed by atoms with E-state index >= 15 is 0 Å². The van der Waals surface area contributed by atoms with Crippen LogP contribution in [0.25, 0.3) is 0 Å². The predicted octanol–water partition coefficient (Wildman–Crippen LogP) is 2.11. The fourth-order valence-corrected chi connectivity index (χ4v) is 3.02. The number of ketones is 1. The highest BCUT2D eigenvalue weighted by molar-refractivity contribution is 7.89. The van der Waals surface area contributed by atoms with Gasteiger partial charge < -0.3 is 5.11 Å². The van der Waals surface area contributed by atoms with E-state index in [4.69, 9.17) is 0 Å². The van der Waals surface area contributed by atoms with Crippen LogP contribution in [0.2, 0.25) is 0 Å². The van der Waals surface area contributed by atoms with Gasteiger partial charge in [0.1, 0.15) is 0 Å². The first-order valence-electron chi connectivity index (χ1n) is 7.13. The minimum absolute atomic E-state index is 0.0383. The number of benzene rings is 1. The van der Waals surface area contributed by atoms with E-state index in [1.165, 1.54) is 12.1 Å². The zero-order valence-corrected chi connectivity index (χ0v) is 13.5. The van der Waals surface area contributed by atoms with Crippen molar-refractivity contribution in [2.75, 3.05) is 6.54 Å². The van der Waals surface area contributed by atoms with Crippen LogP contribution >= 0.6 is 0 Å². The van der Waals surface area contributed by atoms with Crippen molar-refractivity contribution < 1.29 is 18.3 Å². The first-order chi connectivity index (χ1) is 9.78. The van der Waals surface area contributed by atoms with E-state index in [9.17, 15) is 18.3 Å². The minimum atomic E-state index is -3.74. The summed E-state index contributed by atoms with van der Waals surface area (Å²) in [5.74, 6) is -0.106. The molecule has 0 aliphatic carbocycles. The average Bonchev–Trinajstić information content (AvgIpc) is 2.52. The maximum atomic E-state index is 12.2. The molecule has 0 saturated carbocycles. The molecule has 2 N–H and O–H groups in total. The number of hydrogen-bond acceptors (Lipinski definition) is 4. The molecular formula is C15H23NO4S. The predicted molar refractivity (Wildman–Crippen MR) is 81.8 cm³/mol. The van der Waals surface area contributed by atoms with E-state index in [2.05, 4.69) is 4.72 Å². The summed E-state index contributed by atoms with van der Waals surface area (Å²) in [4.78, 5) is 11.7. The molecule has 0 radical (unpaired) electrons. The minimum Gasteiger partial charge on any atom is -0.389 e. The van der Waals surface area contributed by atoms with Gasteiger partial charge >= 0.3 is 0 Å². The zero-order valence-electron chi connectivity index (χ0n) is 12.7. The van der Waals surface area contributed by atoms with E-state index < -0.39 is 15.6 Å². The van der Waals surface area contributed by atoms with E-state index in [0.29, 0.717) is 24.8 Å². The molecule has 0 unspecified atom stereocenters. The Bertz CT molecular complexity index is 591. The van der Waals surface area contributed by atoms with Crippen molar-refractivity contribution in [1.29, 1.82) is 0 Å². The summed E-state index contributed by atoms with van der Waals surface area (Å²) in [6.45, 7) is 5.29. The highest BCUT2D eigenvalue weighted by Crippen LogP contribution is 2.16. The van der Waals surface area contributed by atoms with Crippen LogP contribution in [0.15, 0.2) is 29.2 Å². The molecule has 1 rings (SSSR count). The molecule has 0 aliphatic heterocycles. The molecule has 0 aromatic heterocycles. The average molecular weight is 313 g/mol. The van der Waals surface area contributed by atoms with Gasteiger partial charge in [0.25, 0.3) is 0 Å². The Morgan fingerprint density at radius 3 is 2.38 bits per heavy atom. The topological polar surface area (TPSA) is 83.5 Å². The molecule has 1 aromatic carbocycles. The van der Waals surface area contributed by atoms with Crippen molar-refractivity contribution in [2.45, 2.75) is 50.5 Å². The molecule has 6 heteroatoms. The molecule has 118 valence electrons. The van der Waals surface area contributed by atoms with E-state index in [-0.39, 0.29) is 17.2 Å². The molecule has 5 nitrogen and oxygen atoms in total. The Hall–Kier alpha value is -1.24. The number of nitrogens with one attached hydrogen (secondary N) is 1.